The maximum atomic E-state index is 2.57. The van der Waals surface area contributed by atoms with Crippen molar-refractivity contribution in [1.29, 1.82) is 0 Å². The van der Waals surface area contributed by atoms with E-state index < -0.39 is 0 Å². The molecule has 0 aromatic heterocycles. The van der Waals surface area contributed by atoms with Crippen LogP contribution in [0.5, 0.6) is 0 Å². The number of halogens is 2. The number of benzene rings is 1. The fraction of sp³-hybridized carbons (Fsp3) is 0.739. The Bertz CT molecular complexity index is 428. The molecule has 1 nitrogen and oxygen atoms in total. The molecule has 0 aliphatic rings. The highest BCUT2D eigenvalue weighted by Gasteiger charge is 2.18. The Labute approximate surface area is 183 Å². The maximum Gasteiger partial charge on any atom is 0.0416 e. The number of rotatable bonds is 14. The summed E-state index contributed by atoms with van der Waals surface area (Å²) in [5.74, 6) is 0. The first kappa shape index (κ1) is 28.4. The number of hydrogen-bond acceptors (Lipinski definition) is 1. The fourth-order valence-corrected chi connectivity index (χ4v) is 4.00. The Morgan fingerprint density at radius 1 is 0.731 bits per heavy atom. The molecule has 0 spiro atoms. The smallest absolute Gasteiger partial charge is 0.0416 e. The Hall–Kier alpha value is 0.200. The molecule has 0 saturated heterocycles. The van der Waals surface area contributed by atoms with Gasteiger partial charge >= 0.3 is 0 Å². The van der Waals surface area contributed by atoms with E-state index >= 15 is 0 Å². The summed E-state index contributed by atoms with van der Waals surface area (Å²) in [6.07, 6.45) is 18.4. The minimum absolute atomic E-state index is 0. The number of alkyl halides is 1. The minimum atomic E-state index is 0. The summed E-state index contributed by atoms with van der Waals surface area (Å²) in [4.78, 5) is 0. The summed E-state index contributed by atoms with van der Waals surface area (Å²) in [6.45, 7) is 6.92. The van der Waals surface area contributed by atoms with Gasteiger partial charge in [-0.3, -0.25) is 0 Å². The third kappa shape index (κ3) is 13.4. The molecule has 0 heterocycles. The van der Waals surface area contributed by atoms with Gasteiger partial charge in [-0.25, -0.2) is 0 Å². The quantitative estimate of drug-likeness (QED) is 0.156. The summed E-state index contributed by atoms with van der Waals surface area (Å²) in [7, 11) is 0. The van der Waals surface area contributed by atoms with Gasteiger partial charge in [0.15, 0.2) is 0 Å². The molecule has 0 aliphatic heterocycles. The molecule has 26 heavy (non-hydrogen) atoms. The lowest BCUT2D eigenvalue weighted by Crippen LogP contribution is -2.10. The van der Waals surface area contributed by atoms with Gasteiger partial charge in [0.25, 0.3) is 0 Å². The lowest BCUT2D eigenvalue weighted by molar-refractivity contribution is 0.543. The van der Waals surface area contributed by atoms with Crippen LogP contribution in [0.1, 0.15) is 109 Å². The predicted octanol–water partition coefficient (Wildman–Crippen LogP) is 9.18. The van der Waals surface area contributed by atoms with Gasteiger partial charge in [0.05, 0.1) is 0 Å². The van der Waals surface area contributed by atoms with Gasteiger partial charge < -0.3 is 6.15 Å². The molecule has 1 aromatic carbocycles. The Morgan fingerprint density at radius 3 is 1.62 bits per heavy atom. The summed E-state index contributed by atoms with van der Waals surface area (Å²) in [5, 5.41) is 0. The lowest BCUT2D eigenvalue weighted by Gasteiger charge is -2.21. The second-order valence-corrected chi connectivity index (χ2v) is 10.5. The molecule has 3 N–H and O–H groups in total. The molecular weight excluding hydrogens is 453 g/mol. The molecule has 1 rings (SSSR count). The number of unbranched alkanes of at least 4 members (excludes halogenated alkanes) is 11. The highest BCUT2D eigenvalue weighted by Crippen LogP contribution is 2.33. The average Bonchev–Trinajstić information content (AvgIpc) is 2.55. The second-order valence-electron chi connectivity index (χ2n) is 7.77. The van der Waals surface area contributed by atoms with E-state index in [0.717, 1.165) is 0 Å². The molecule has 0 aliphatic carbocycles. The van der Waals surface area contributed by atoms with Crippen LogP contribution in [0.15, 0.2) is 24.3 Å². The van der Waals surface area contributed by atoms with E-state index in [-0.39, 0.29) is 22.0 Å². The molecular formula is C23H43ClIN. The zero-order chi connectivity index (χ0) is 17.7. The van der Waals surface area contributed by atoms with Gasteiger partial charge in [0, 0.05) is 3.42 Å². The third-order valence-electron chi connectivity index (χ3n) is 4.96. The molecule has 0 atom stereocenters. The Morgan fingerprint density at radius 2 is 1.15 bits per heavy atom. The van der Waals surface area contributed by atoms with Crippen LogP contribution in [0.2, 0.25) is 0 Å². The largest absolute Gasteiger partial charge is 0.344 e. The van der Waals surface area contributed by atoms with Crippen LogP contribution in [0.25, 0.3) is 0 Å². The van der Waals surface area contributed by atoms with Gasteiger partial charge in [-0.05, 0) is 37.8 Å². The van der Waals surface area contributed by atoms with E-state index in [2.05, 4.69) is 67.6 Å². The Kier molecular flexibility index (Phi) is 18.9. The molecule has 0 fully saturated rings. The normalized spacial score (nSPS) is 10.9. The van der Waals surface area contributed by atoms with Gasteiger partial charge in [-0.2, -0.15) is 0 Å². The van der Waals surface area contributed by atoms with E-state index in [9.17, 15) is 0 Å². The highest BCUT2D eigenvalue weighted by molar-refractivity contribution is 14.1. The third-order valence-corrected chi connectivity index (χ3v) is 5.54. The molecule has 0 saturated carbocycles. The maximum absolute atomic E-state index is 2.57. The highest BCUT2D eigenvalue weighted by atomic mass is 127. The van der Waals surface area contributed by atoms with Gasteiger partial charge in [-0.1, -0.05) is 124 Å². The molecule has 0 amide bonds. The monoisotopic (exact) mass is 495 g/mol. The summed E-state index contributed by atoms with van der Waals surface area (Å²) < 4.78 is 0.242. The van der Waals surface area contributed by atoms with Crippen LogP contribution in [0, 0.1) is 0 Å². The second kappa shape index (κ2) is 17.3. The van der Waals surface area contributed by atoms with E-state index in [1.54, 1.807) is 5.56 Å². The van der Waals surface area contributed by atoms with Crippen LogP contribution in [0.3, 0.4) is 0 Å². The first-order chi connectivity index (χ1) is 11.6. The van der Waals surface area contributed by atoms with Gasteiger partial charge in [-0.15, -0.1) is 12.4 Å². The van der Waals surface area contributed by atoms with Crippen molar-refractivity contribution in [3.8, 4) is 0 Å². The van der Waals surface area contributed by atoms with Gasteiger partial charge in [0.2, 0.25) is 0 Å². The van der Waals surface area contributed by atoms with Crippen LogP contribution in [-0.2, 0) is 9.84 Å². The van der Waals surface area contributed by atoms with Gasteiger partial charge in [0.1, 0.15) is 0 Å². The summed E-state index contributed by atoms with van der Waals surface area (Å²) >= 11 is 2.57. The molecule has 0 radical (unpaired) electrons. The minimum Gasteiger partial charge on any atom is -0.344 e. The van der Waals surface area contributed by atoms with Crippen molar-refractivity contribution < 1.29 is 0 Å². The van der Waals surface area contributed by atoms with Crippen molar-refractivity contribution in [2.45, 2.75) is 108 Å². The zero-order valence-electron chi connectivity index (χ0n) is 17.5. The molecule has 154 valence electrons. The predicted molar refractivity (Wildman–Crippen MR) is 131 cm³/mol. The molecule has 0 unspecified atom stereocenters. The average molecular weight is 496 g/mol. The van der Waals surface area contributed by atoms with Crippen molar-refractivity contribution in [2.75, 3.05) is 0 Å². The zero-order valence-corrected chi connectivity index (χ0v) is 20.5. The van der Waals surface area contributed by atoms with Crippen molar-refractivity contribution in [3.63, 3.8) is 0 Å². The van der Waals surface area contributed by atoms with E-state index in [0.29, 0.717) is 0 Å². The van der Waals surface area contributed by atoms with Crippen molar-refractivity contribution in [3.05, 3.63) is 35.4 Å². The van der Waals surface area contributed by atoms with E-state index in [4.69, 9.17) is 0 Å². The van der Waals surface area contributed by atoms with Crippen molar-refractivity contribution >= 4 is 35.0 Å². The molecule has 3 heteroatoms. The first-order valence-electron chi connectivity index (χ1n) is 10.3. The Balaban J connectivity index is 0. The summed E-state index contributed by atoms with van der Waals surface area (Å²) in [6, 6.07) is 9.01. The fourth-order valence-electron chi connectivity index (χ4n) is 3.47. The van der Waals surface area contributed by atoms with E-state index in [1.165, 1.54) is 89.0 Å². The van der Waals surface area contributed by atoms with Crippen LogP contribution in [0.4, 0.5) is 0 Å². The standard InChI is InChI=1S/C23H39I.ClH.H3N/c1-4-5-6-7-8-9-10-11-12-13-14-15-18-21-19-16-17-20-22(21)23(2,3)24;;/h16-17,19-20H,4-15,18H2,1-3H3;1H;1H3. The molecule has 1 aromatic rings. The lowest BCUT2D eigenvalue weighted by atomic mass is 9.93. The van der Waals surface area contributed by atoms with Crippen LogP contribution < -0.4 is 6.15 Å². The van der Waals surface area contributed by atoms with E-state index in [1.807, 2.05) is 0 Å². The van der Waals surface area contributed by atoms with Crippen molar-refractivity contribution in [1.82, 2.24) is 6.15 Å². The number of hydrogen-bond donors (Lipinski definition) is 1. The topological polar surface area (TPSA) is 35.0 Å². The van der Waals surface area contributed by atoms with Crippen molar-refractivity contribution in [2.24, 2.45) is 0 Å². The van der Waals surface area contributed by atoms with Crippen LogP contribution >= 0.6 is 35.0 Å². The summed E-state index contributed by atoms with van der Waals surface area (Å²) in [5.41, 5.74) is 3.08. The first-order valence-corrected chi connectivity index (χ1v) is 11.4. The SMILES string of the molecule is CCCCCCCCCCCCCCc1ccccc1C(C)(C)I.Cl.N. The molecule has 0 bridgehead atoms. The number of aryl methyl sites for hydroxylation is 1. The van der Waals surface area contributed by atoms with Crippen LogP contribution in [-0.4, -0.2) is 0 Å².